The first-order valence-corrected chi connectivity index (χ1v) is 4.80. The van der Waals surface area contributed by atoms with Crippen molar-refractivity contribution < 1.29 is 0 Å². The van der Waals surface area contributed by atoms with Gasteiger partial charge in [0.1, 0.15) is 0 Å². The van der Waals surface area contributed by atoms with Crippen LogP contribution in [0.25, 0.3) is 10.8 Å². The first-order valence-electron chi connectivity index (χ1n) is 4.00. The standard InChI is InChI=1S/C11H8BrN/c12-10-6-2-4-8-3-1-5-9(7-13)11(8)10/h1-7,13H. The summed E-state index contributed by atoms with van der Waals surface area (Å²) in [5.74, 6) is 0. The zero-order valence-corrected chi connectivity index (χ0v) is 8.51. The molecular weight excluding hydrogens is 226 g/mol. The molecule has 1 N–H and O–H groups in total. The van der Waals surface area contributed by atoms with E-state index in [9.17, 15) is 0 Å². The SMILES string of the molecule is N=Cc1cccc2cccc(Br)c12. The molecule has 0 spiro atoms. The molecule has 0 saturated carbocycles. The molecule has 0 radical (unpaired) electrons. The van der Waals surface area contributed by atoms with Gasteiger partial charge in [-0.05, 0) is 11.5 Å². The fourth-order valence-electron chi connectivity index (χ4n) is 1.44. The van der Waals surface area contributed by atoms with E-state index in [1.165, 1.54) is 6.21 Å². The van der Waals surface area contributed by atoms with Crippen LogP contribution in [0.5, 0.6) is 0 Å². The Morgan fingerprint density at radius 2 is 1.77 bits per heavy atom. The summed E-state index contributed by atoms with van der Waals surface area (Å²) in [6, 6.07) is 12.0. The van der Waals surface area contributed by atoms with Crippen molar-refractivity contribution in [3.63, 3.8) is 0 Å². The van der Waals surface area contributed by atoms with Crippen molar-refractivity contribution in [1.29, 1.82) is 5.41 Å². The van der Waals surface area contributed by atoms with Gasteiger partial charge in [-0.1, -0.05) is 46.3 Å². The molecule has 0 saturated heterocycles. The van der Waals surface area contributed by atoms with Crippen molar-refractivity contribution in [1.82, 2.24) is 0 Å². The van der Waals surface area contributed by atoms with Crippen LogP contribution < -0.4 is 0 Å². The van der Waals surface area contributed by atoms with Crippen LogP contribution in [0.15, 0.2) is 40.9 Å². The van der Waals surface area contributed by atoms with Gasteiger partial charge in [0.25, 0.3) is 0 Å². The summed E-state index contributed by atoms with van der Waals surface area (Å²) < 4.78 is 1.05. The lowest BCUT2D eigenvalue weighted by atomic mass is 10.1. The molecule has 0 aliphatic carbocycles. The maximum absolute atomic E-state index is 7.28. The van der Waals surface area contributed by atoms with Crippen LogP contribution >= 0.6 is 15.9 Å². The van der Waals surface area contributed by atoms with Gasteiger partial charge in [-0.2, -0.15) is 0 Å². The second kappa shape index (κ2) is 3.30. The van der Waals surface area contributed by atoms with Crippen molar-refractivity contribution in [3.8, 4) is 0 Å². The van der Waals surface area contributed by atoms with Crippen molar-refractivity contribution in [2.45, 2.75) is 0 Å². The number of benzene rings is 2. The predicted octanol–water partition coefficient (Wildman–Crippen LogP) is 3.60. The van der Waals surface area contributed by atoms with Crippen LogP contribution in [-0.2, 0) is 0 Å². The predicted molar refractivity (Wildman–Crippen MR) is 59.5 cm³/mol. The van der Waals surface area contributed by atoms with Crippen LogP contribution in [0.4, 0.5) is 0 Å². The third kappa shape index (κ3) is 1.38. The molecule has 64 valence electrons. The van der Waals surface area contributed by atoms with Crippen LogP contribution in [0.3, 0.4) is 0 Å². The fraction of sp³-hybridized carbons (Fsp3) is 0. The second-order valence-electron chi connectivity index (χ2n) is 2.83. The summed E-state index contributed by atoms with van der Waals surface area (Å²) in [6.45, 7) is 0. The molecule has 0 bridgehead atoms. The van der Waals surface area contributed by atoms with Gasteiger partial charge in [0, 0.05) is 21.6 Å². The molecule has 0 heterocycles. The van der Waals surface area contributed by atoms with Crippen LogP contribution in [0.2, 0.25) is 0 Å². The van der Waals surface area contributed by atoms with Gasteiger partial charge < -0.3 is 5.41 Å². The monoisotopic (exact) mass is 233 g/mol. The van der Waals surface area contributed by atoms with Gasteiger partial charge >= 0.3 is 0 Å². The highest BCUT2D eigenvalue weighted by molar-refractivity contribution is 9.10. The van der Waals surface area contributed by atoms with Crippen molar-refractivity contribution in [3.05, 3.63) is 46.4 Å². The molecule has 0 atom stereocenters. The van der Waals surface area contributed by atoms with Gasteiger partial charge in [0.2, 0.25) is 0 Å². The van der Waals surface area contributed by atoms with Gasteiger partial charge in [0.05, 0.1) is 0 Å². The third-order valence-corrected chi connectivity index (χ3v) is 2.70. The van der Waals surface area contributed by atoms with E-state index in [0.717, 1.165) is 20.8 Å². The lowest BCUT2D eigenvalue weighted by Crippen LogP contribution is -1.83. The molecular formula is C11H8BrN. The molecule has 13 heavy (non-hydrogen) atoms. The van der Waals surface area contributed by atoms with Gasteiger partial charge in [-0.15, -0.1) is 0 Å². The van der Waals surface area contributed by atoms with E-state index < -0.39 is 0 Å². The second-order valence-corrected chi connectivity index (χ2v) is 3.68. The minimum atomic E-state index is 0.949. The summed E-state index contributed by atoms with van der Waals surface area (Å²) in [5.41, 5.74) is 0.949. The highest BCUT2D eigenvalue weighted by Gasteiger charge is 2.00. The maximum atomic E-state index is 7.28. The van der Waals surface area contributed by atoms with Gasteiger partial charge in [-0.25, -0.2) is 0 Å². The molecule has 2 aromatic carbocycles. The fourth-order valence-corrected chi connectivity index (χ4v) is 2.05. The molecule has 0 amide bonds. The van der Waals surface area contributed by atoms with Crippen molar-refractivity contribution in [2.24, 2.45) is 0 Å². The smallest absolute Gasteiger partial charge is 0.0260 e. The number of hydrogen-bond donors (Lipinski definition) is 1. The summed E-state index contributed by atoms with van der Waals surface area (Å²) in [7, 11) is 0. The van der Waals surface area contributed by atoms with E-state index in [1.807, 2.05) is 36.4 Å². The largest absolute Gasteiger partial charge is 0.308 e. The van der Waals surface area contributed by atoms with E-state index in [2.05, 4.69) is 15.9 Å². The molecule has 0 aliphatic rings. The van der Waals surface area contributed by atoms with Gasteiger partial charge in [0.15, 0.2) is 0 Å². The van der Waals surface area contributed by atoms with Crippen LogP contribution in [-0.4, -0.2) is 6.21 Å². The van der Waals surface area contributed by atoms with Crippen molar-refractivity contribution >= 4 is 32.9 Å². The number of halogens is 1. The molecule has 0 unspecified atom stereocenters. The number of nitrogens with one attached hydrogen (secondary N) is 1. The molecule has 2 aromatic rings. The third-order valence-electron chi connectivity index (χ3n) is 2.04. The summed E-state index contributed by atoms with van der Waals surface area (Å²) in [5, 5.41) is 9.55. The normalized spacial score (nSPS) is 10.2. The Morgan fingerprint density at radius 1 is 1.08 bits per heavy atom. The Bertz CT molecular complexity index is 457. The molecule has 0 aliphatic heterocycles. The van der Waals surface area contributed by atoms with Crippen molar-refractivity contribution in [2.75, 3.05) is 0 Å². The highest BCUT2D eigenvalue weighted by Crippen LogP contribution is 2.25. The Morgan fingerprint density at radius 3 is 2.46 bits per heavy atom. The molecule has 2 heteroatoms. The van der Waals surface area contributed by atoms with E-state index in [1.54, 1.807) is 0 Å². The zero-order chi connectivity index (χ0) is 9.26. The average molecular weight is 234 g/mol. The molecule has 2 rings (SSSR count). The van der Waals surface area contributed by atoms with E-state index in [0.29, 0.717) is 0 Å². The zero-order valence-electron chi connectivity index (χ0n) is 6.92. The lowest BCUT2D eigenvalue weighted by Gasteiger charge is -2.02. The Labute approximate surface area is 85.0 Å². The number of hydrogen-bond acceptors (Lipinski definition) is 1. The van der Waals surface area contributed by atoms with Crippen LogP contribution in [0, 0.1) is 5.41 Å². The minimum absolute atomic E-state index is 0.949. The quantitative estimate of drug-likeness (QED) is 0.729. The lowest BCUT2D eigenvalue weighted by molar-refractivity contribution is 1.55. The summed E-state index contributed by atoms with van der Waals surface area (Å²) >= 11 is 3.49. The average Bonchev–Trinajstić information content (AvgIpc) is 2.17. The van der Waals surface area contributed by atoms with E-state index in [-0.39, 0.29) is 0 Å². The summed E-state index contributed by atoms with van der Waals surface area (Å²) in [6.07, 6.45) is 1.38. The topological polar surface area (TPSA) is 23.9 Å². The number of fused-ring (bicyclic) bond motifs is 1. The molecule has 0 aromatic heterocycles. The highest BCUT2D eigenvalue weighted by atomic mass is 79.9. The Hall–Kier alpha value is -1.15. The van der Waals surface area contributed by atoms with Gasteiger partial charge in [-0.3, -0.25) is 0 Å². The number of rotatable bonds is 1. The van der Waals surface area contributed by atoms with E-state index >= 15 is 0 Å². The molecule has 0 fully saturated rings. The minimum Gasteiger partial charge on any atom is -0.308 e. The Kier molecular flexibility index (Phi) is 2.15. The van der Waals surface area contributed by atoms with Crippen LogP contribution in [0.1, 0.15) is 5.56 Å². The van der Waals surface area contributed by atoms with E-state index in [4.69, 9.17) is 5.41 Å². The molecule has 1 nitrogen and oxygen atoms in total. The maximum Gasteiger partial charge on any atom is 0.0260 e. The summed E-state index contributed by atoms with van der Waals surface area (Å²) in [4.78, 5) is 0. The first kappa shape index (κ1) is 8.45. The Balaban J connectivity index is 2.94. The first-order chi connectivity index (χ1) is 6.33.